The average molecular weight is 364 g/mol. The van der Waals surface area contributed by atoms with E-state index in [1.165, 1.54) is 12.1 Å². The highest BCUT2D eigenvalue weighted by atomic mass is 32.2. The molecule has 0 radical (unpaired) electrons. The summed E-state index contributed by atoms with van der Waals surface area (Å²) in [4.78, 5) is 2.16. The molecule has 1 atom stereocenters. The topological polar surface area (TPSA) is 49.4 Å². The molecule has 2 aromatic rings. The molecule has 0 aliphatic carbocycles. The number of benzene rings is 2. The zero-order valence-electron chi connectivity index (χ0n) is 14.9. The van der Waals surface area contributed by atoms with E-state index in [0.29, 0.717) is 0 Å². The average Bonchev–Trinajstić information content (AvgIpc) is 2.57. The highest BCUT2D eigenvalue weighted by Gasteiger charge is 2.19. The lowest BCUT2D eigenvalue weighted by Gasteiger charge is -2.25. The van der Waals surface area contributed by atoms with Gasteiger partial charge in [0.15, 0.2) is 0 Å². The van der Waals surface area contributed by atoms with E-state index < -0.39 is 10.0 Å². The number of hydrogen-bond acceptors (Lipinski definition) is 3. The molecule has 0 heterocycles. The third-order valence-electron chi connectivity index (χ3n) is 4.12. The highest BCUT2D eigenvalue weighted by Crippen LogP contribution is 2.19. The van der Waals surface area contributed by atoms with Crippen LogP contribution in [0.1, 0.15) is 30.5 Å². The molecule has 25 heavy (non-hydrogen) atoms. The van der Waals surface area contributed by atoms with Crippen LogP contribution >= 0.6 is 0 Å². The molecule has 2 rings (SSSR count). The van der Waals surface area contributed by atoms with E-state index in [-0.39, 0.29) is 23.3 Å². The summed E-state index contributed by atoms with van der Waals surface area (Å²) in [6, 6.07) is 12.9. The fourth-order valence-corrected chi connectivity index (χ4v) is 3.72. The van der Waals surface area contributed by atoms with Crippen molar-refractivity contribution in [1.29, 1.82) is 0 Å². The first-order valence-corrected chi connectivity index (χ1v) is 9.82. The predicted octanol–water partition coefficient (Wildman–Crippen LogP) is 3.36. The lowest BCUT2D eigenvalue weighted by atomic mass is 10.1. The number of hydrogen-bond donors (Lipinski definition) is 1. The van der Waals surface area contributed by atoms with Crippen LogP contribution in [0, 0.1) is 5.82 Å². The van der Waals surface area contributed by atoms with Crippen molar-refractivity contribution in [2.24, 2.45) is 0 Å². The third-order valence-corrected chi connectivity index (χ3v) is 5.56. The molecule has 0 aliphatic rings. The van der Waals surface area contributed by atoms with Crippen molar-refractivity contribution in [3.05, 3.63) is 65.5 Å². The normalized spacial score (nSPS) is 13.2. The second kappa shape index (κ2) is 8.56. The fraction of sp³-hybridized carbons (Fsp3) is 0.368. The molecule has 0 bridgehead atoms. The van der Waals surface area contributed by atoms with E-state index in [2.05, 4.69) is 11.6 Å². The molecular weight excluding hydrogens is 339 g/mol. The largest absolute Gasteiger partial charge is 0.301 e. The quantitative estimate of drug-likeness (QED) is 0.781. The van der Waals surface area contributed by atoms with Gasteiger partial charge < -0.3 is 4.90 Å². The van der Waals surface area contributed by atoms with Crippen molar-refractivity contribution in [2.45, 2.75) is 30.7 Å². The number of halogens is 1. The van der Waals surface area contributed by atoms with Gasteiger partial charge in [0, 0.05) is 12.6 Å². The maximum Gasteiger partial charge on any atom is 0.240 e. The lowest BCUT2D eigenvalue weighted by molar-refractivity contribution is 0.299. The molecule has 0 saturated heterocycles. The monoisotopic (exact) mass is 364 g/mol. The van der Waals surface area contributed by atoms with Crippen LogP contribution in [0.5, 0.6) is 0 Å². The molecule has 6 heteroatoms. The van der Waals surface area contributed by atoms with Gasteiger partial charge in [-0.25, -0.2) is 17.5 Å². The van der Waals surface area contributed by atoms with Gasteiger partial charge in [-0.2, -0.15) is 0 Å². The second-order valence-electron chi connectivity index (χ2n) is 6.28. The number of nitrogens with one attached hydrogen (secondary N) is 1. The Bertz CT molecular complexity index is 772. The van der Waals surface area contributed by atoms with Crippen LogP contribution in [-0.2, 0) is 16.4 Å². The summed E-state index contributed by atoms with van der Waals surface area (Å²) in [5.41, 5.74) is 1.98. The van der Waals surface area contributed by atoms with Crippen LogP contribution in [0.4, 0.5) is 4.39 Å². The van der Waals surface area contributed by atoms with Gasteiger partial charge in [-0.3, -0.25) is 0 Å². The van der Waals surface area contributed by atoms with Gasteiger partial charge >= 0.3 is 0 Å². The molecule has 0 spiro atoms. The molecule has 4 nitrogen and oxygen atoms in total. The van der Waals surface area contributed by atoms with Gasteiger partial charge in [0.1, 0.15) is 5.82 Å². The van der Waals surface area contributed by atoms with Gasteiger partial charge in [0.2, 0.25) is 10.0 Å². The van der Waals surface area contributed by atoms with Crippen molar-refractivity contribution in [1.82, 2.24) is 9.62 Å². The van der Waals surface area contributed by atoms with Gasteiger partial charge in [-0.1, -0.05) is 37.6 Å². The number of likely N-dealkylation sites (N-methyl/N-ethyl adjacent to an activating group) is 1. The summed E-state index contributed by atoms with van der Waals surface area (Å²) in [5, 5.41) is 0. The minimum absolute atomic E-state index is 0.185. The molecule has 0 fully saturated rings. The summed E-state index contributed by atoms with van der Waals surface area (Å²) in [5.74, 6) is -0.311. The van der Waals surface area contributed by atoms with Gasteiger partial charge in [0.25, 0.3) is 0 Å². The Morgan fingerprint density at radius 1 is 1.04 bits per heavy atom. The Hall–Kier alpha value is -1.76. The minimum atomic E-state index is -3.59. The van der Waals surface area contributed by atoms with Gasteiger partial charge in [-0.05, 0) is 55.9 Å². The minimum Gasteiger partial charge on any atom is -0.301 e. The molecule has 0 aromatic heterocycles. The molecule has 136 valence electrons. The van der Waals surface area contributed by atoms with E-state index in [1.54, 1.807) is 24.3 Å². The van der Waals surface area contributed by atoms with Crippen LogP contribution < -0.4 is 4.72 Å². The molecule has 1 N–H and O–H groups in total. The smallest absolute Gasteiger partial charge is 0.240 e. The van der Waals surface area contributed by atoms with E-state index in [4.69, 9.17) is 0 Å². The van der Waals surface area contributed by atoms with Crippen LogP contribution in [-0.4, -0.2) is 34.0 Å². The van der Waals surface area contributed by atoms with Gasteiger partial charge in [-0.15, -0.1) is 0 Å². The summed E-state index contributed by atoms with van der Waals surface area (Å²) < 4.78 is 40.8. The van der Waals surface area contributed by atoms with Crippen LogP contribution in [0.2, 0.25) is 0 Å². The lowest BCUT2D eigenvalue weighted by Crippen LogP contribution is -2.34. The van der Waals surface area contributed by atoms with E-state index in [0.717, 1.165) is 24.0 Å². The first-order valence-electron chi connectivity index (χ1n) is 8.34. The summed E-state index contributed by atoms with van der Waals surface area (Å²) in [6.07, 6.45) is 1.95. The number of aryl methyl sites for hydroxylation is 1. The van der Waals surface area contributed by atoms with Crippen molar-refractivity contribution in [3.8, 4) is 0 Å². The van der Waals surface area contributed by atoms with Crippen LogP contribution in [0.15, 0.2) is 53.4 Å². The highest BCUT2D eigenvalue weighted by molar-refractivity contribution is 7.89. The van der Waals surface area contributed by atoms with E-state index in [9.17, 15) is 12.8 Å². The molecule has 1 unspecified atom stereocenters. The maximum atomic E-state index is 13.1. The number of nitrogens with zero attached hydrogens (tertiary/aromatic N) is 1. The van der Waals surface area contributed by atoms with Crippen molar-refractivity contribution in [2.75, 3.05) is 20.6 Å². The van der Waals surface area contributed by atoms with Crippen LogP contribution in [0.25, 0.3) is 0 Å². The van der Waals surface area contributed by atoms with Gasteiger partial charge in [0.05, 0.1) is 4.90 Å². The standard InChI is InChI=1S/C19H25FN2O2S/c1-4-5-15-6-12-18(13-7-15)25(23,24)21-14-19(22(2)3)16-8-10-17(20)11-9-16/h6-13,19,21H,4-5,14H2,1-3H3. The molecule has 0 aliphatic heterocycles. The summed E-state index contributed by atoms with van der Waals surface area (Å²) in [7, 11) is 0.138. The molecule has 2 aromatic carbocycles. The zero-order chi connectivity index (χ0) is 18.4. The second-order valence-corrected chi connectivity index (χ2v) is 8.04. The number of rotatable bonds is 8. The Kier molecular flexibility index (Phi) is 6.70. The van der Waals surface area contributed by atoms with Crippen molar-refractivity contribution in [3.63, 3.8) is 0 Å². The van der Waals surface area contributed by atoms with Crippen molar-refractivity contribution >= 4 is 10.0 Å². The first-order chi connectivity index (χ1) is 11.8. The zero-order valence-corrected chi connectivity index (χ0v) is 15.7. The van der Waals surface area contributed by atoms with Crippen LogP contribution in [0.3, 0.4) is 0 Å². The molecule has 0 saturated carbocycles. The van der Waals surface area contributed by atoms with Crippen molar-refractivity contribution < 1.29 is 12.8 Å². The maximum absolute atomic E-state index is 13.1. The van der Waals surface area contributed by atoms with E-state index in [1.807, 2.05) is 31.1 Å². The summed E-state index contributed by atoms with van der Waals surface area (Å²) >= 11 is 0. The van der Waals surface area contributed by atoms with E-state index >= 15 is 0 Å². The number of sulfonamides is 1. The Labute approximate surface area is 149 Å². The third kappa shape index (κ3) is 5.36. The fourth-order valence-electron chi connectivity index (χ4n) is 2.68. The first kappa shape index (κ1) is 19.6. The SMILES string of the molecule is CCCc1ccc(S(=O)(=O)NCC(c2ccc(F)cc2)N(C)C)cc1. The molecular formula is C19H25FN2O2S. The predicted molar refractivity (Wildman–Crippen MR) is 98.5 cm³/mol. The molecule has 0 amide bonds. The Morgan fingerprint density at radius 2 is 1.64 bits per heavy atom. The summed E-state index contributed by atoms with van der Waals surface area (Å²) in [6.45, 7) is 2.29. The Balaban J connectivity index is 2.11. The Morgan fingerprint density at radius 3 is 2.16 bits per heavy atom.